The largest absolute Gasteiger partial charge is 0.509 e. The maximum atomic E-state index is 15.6. The van der Waals surface area contributed by atoms with Crippen LogP contribution in [0.25, 0.3) is 0 Å². The molecule has 0 aromatic heterocycles. The first-order chi connectivity index (χ1) is 26.6. The Labute approximate surface area is 324 Å². The molecule has 55 heavy (non-hydrogen) atoms. The number of rotatable bonds is 3. The smallest absolute Gasteiger partial charge is 0.339 e. The molecular formula is C47H55N3O5. The Hall–Kier alpha value is -3.62. The van der Waals surface area contributed by atoms with Crippen molar-refractivity contribution in [2.24, 2.45) is 58.0 Å². The normalized spacial score (nSPS) is 45.3. The van der Waals surface area contributed by atoms with E-state index in [2.05, 4.69) is 60.9 Å². The third-order valence-corrected chi connectivity index (χ3v) is 17.3. The molecule has 1 aromatic rings. The lowest BCUT2D eigenvalue weighted by Gasteiger charge is -2.72. The van der Waals surface area contributed by atoms with Crippen molar-refractivity contribution in [3.05, 3.63) is 92.6 Å². The zero-order valence-corrected chi connectivity index (χ0v) is 32.6. The number of esters is 2. The number of benzene rings is 1. The molecule has 14 aliphatic rings. The highest BCUT2D eigenvalue weighted by atomic mass is 16.6. The van der Waals surface area contributed by atoms with Crippen molar-refractivity contribution >= 4 is 11.9 Å². The Morgan fingerprint density at radius 2 is 1.93 bits per heavy atom. The standard InChI is InChI=1S/C47H55N3O5/c1-24-9-10-29-20-33-25(2)17-30-11-12-35-31-19-27-21-49(23-31)26(3)18-36(51)42-45-14-13-32(39(33)41(30)50(35)22-27)40(29)46(45,44(53)54-42)37(16-24)47(45)34-8-4-6-28(7-5-15-48)38(34)43(52)55-47/h4,6,8,11-12,20,24-27,31,33,35,37,39,51H,5,7,9-10,13-19,21-23,48H2,1-3H3. The first-order valence-corrected chi connectivity index (χ1v) is 21.7. The number of nitrogens with zero attached hydrogens (tertiary/aromatic N) is 2. The molecule has 12 bridgehead atoms. The molecule has 1 aromatic carbocycles. The van der Waals surface area contributed by atoms with Crippen molar-refractivity contribution in [1.82, 2.24) is 9.80 Å². The second-order valence-electron chi connectivity index (χ2n) is 19.8. The van der Waals surface area contributed by atoms with Crippen LogP contribution in [0.15, 0.2) is 75.9 Å². The minimum atomic E-state index is -1.12. The SMILES string of the molecule is CC1CCC2=CC3C(C)CC4=C5C3C3=C2C26C(=O)OC(=C(O)CC(C)N7CC8CC(C7)C(C=C4)N5C8)C2(CC3)C2(OC(=O)c3c(CCCN)cccc32)C6C1. The van der Waals surface area contributed by atoms with Crippen molar-refractivity contribution in [2.75, 3.05) is 26.2 Å². The Morgan fingerprint density at radius 1 is 1.05 bits per heavy atom. The van der Waals surface area contributed by atoms with E-state index < -0.39 is 16.4 Å². The van der Waals surface area contributed by atoms with Gasteiger partial charge in [0.1, 0.15) is 11.2 Å². The quantitative estimate of drug-likeness (QED) is 0.313. The number of hydrogen-bond donors (Lipinski definition) is 2. The molecule has 0 amide bonds. The third-order valence-electron chi connectivity index (χ3n) is 17.3. The van der Waals surface area contributed by atoms with Crippen LogP contribution in [0, 0.1) is 52.3 Å². The highest BCUT2D eigenvalue weighted by Gasteiger charge is 2.93. The van der Waals surface area contributed by atoms with E-state index in [1.807, 2.05) is 6.07 Å². The van der Waals surface area contributed by atoms with Crippen LogP contribution in [-0.4, -0.2) is 65.1 Å². The number of aryl methyl sites for hydroxylation is 1. The zero-order valence-electron chi connectivity index (χ0n) is 32.6. The van der Waals surface area contributed by atoms with E-state index in [9.17, 15) is 9.90 Å². The maximum absolute atomic E-state index is 15.6. The van der Waals surface area contributed by atoms with Gasteiger partial charge < -0.3 is 25.2 Å². The number of allylic oxidation sites excluding steroid dienone is 5. The lowest BCUT2D eigenvalue weighted by molar-refractivity contribution is -0.279. The van der Waals surface area contributed by atoms with Crippen LogP contribution in [-0.2, 0) is 26.3 Å². The van der Waals surface area contributed by atoms with Gasteiger partial charge in [-0.2, -0.15) is 0 Å². The second-order valence-corrected chi connectivity index (χ2v) is 19.8. The summed E-state index contributed by atoms with van der Waals surface area (Å²) >= 11 is 0. The van der Waals surface area contributed by atoms with E-state index in [1.165, 1.54) is 34.4 Å². The van der Waals surface area contributed by atoms with Gasteiger partial charge in [-0.3, -0.25) is 9.69 Å². The molecule has 3 saturated heterocycles. The van der Waals surface area contributed by atoms with Gasteiger partial charge in [0, 0.05) is 55.2 Å². The molecule has 13 atom stereocenters. The number of aliphatic hydroxyl groups is 1. The minimum absolute atomic E-state index is 0.0573. The number of ether oxygens (including phenoxy) is 2. The Kier molecular flexibility index (Phi) is 6.74. The molecule has 8 nitrogen and oxygen atoms in total. The Morgan fingerprint density at radius 3 is 2.78 bits per heavy atom. The van der Waals surface area contributed by atoms with Gasteiger partial charge in [0.25, 0.3) is 0 Å². The van der Waals surface area contributed by atoms with E-state index in [0.717, 1.165) is 69.3 Å². The molecule has 0 radical (unpaired) electrons. The van der Waals surface area contributed by atoms with Crippen molar-refractivity contribution in [3.8, 4) is 0 Å². The van der Waals surface area contributed by atoms with Gasteiger partial charge in [0.05, 0.1) is 17.0 Å². The van der Waals surface area contributed by atoms with Crippen LogP contribution in [0.4, 0.5) is 0 Å². The summed E-state index contributed by atoms with van der Waals surface area (Å²) in [6, 6.07) is 6.64. The summed E-state index contributed by atoms with van der Waals surface area (Å²) in [7, 11) is 0. The summed E-state index contributed by atoms with van der Waals surface area (Å²) in [5.41, 5.74) is 12.3. The highest BCUT2D eigenvalue weighted by Crippen LogP contribution is 2.88. The number of nitrogens with two attached hydrogens (primary N) is 1. The van der Waals surface area contributed by atoms with E-state index in [-0.39, 0.29) is 35.6 Å². The number of aliphatic hydroxyl groups excluding tert-OH is 1. The molecule has 13 unspecified atom stereocenters. The van der Waals surface area contributed by atoms with E-state index in [4.69, 9.17) is 15.2 Å². The molecule has 3 spiro atoms. The minimum Gasteiger partial charge on any atom is -0.509 e. The van der Waals surface area contributed by atoms with E-state index in [0.29, 0.717) is 72.8 Å². The molecule has 5 aliphatic carbocycles. The number of piperidine rings is 2. The van der Waals surface area contributed by atoms with Gasteiger partial charge in [0.2, 0.25) is 0 Å². The van der Waals surface area contributed by atoms with Crippen LogP contribution in [0.2, 0.25) is 0 Å². The first-order valence-electron chi connectivity index (χ1n) is 21.7. The van der Waals surface area contributed by atoms with E-state index in [1.54, 1.807) is 0 Å². The Bertz CT molecular complexity index is 2140. The summed E-state index contributed by atoms with van der Waals surface area (Å²) in [5.74, 6) is 2.17. The summed E-state index contributed by atoms with van der Waals surface area (Å²) in [6.45, 7) is 10.6. The topological polar surface area (TPSA) is 105 Å². The van der Waals surface area contributed by atoms with Gasteiger partial charge in [-0.25, -0.2) is 4.79 Å². The molecule has 9 heterocycles. The average molecular weight is 742 g/mol. The molecule has 3 N–H and O–H groups in total. The fourth-order valence-electron chi connectivity index (χ4n) is 15.5. The van der Waals surface area contributed by atoms with Crippen molar-refractivity contribution in [3.63, 3.8) is 0 Å². The zero-order chi connectivity index (χ0) is 37.3. The van der Waals surface area contributed by atoms with Gasteiger partial charge in [0.15, 0.2) is 11.4 Å². The monoisotopic (exact) mass is 741 g/mol. The lowest BCUT2D eigenvalue weighted by Crippen LogP contribution is -2.77. The number of hydrogen-bond acceptors (Lipinski definition) is 8. The Balaban J connectivity index is 1.17. The predicted octanol–water partition coefficient (Wildman–Crippen LogP) is 7.23. The van der Waals surface area contributed by atoms with Crippen LogP contribution in [0.3, 0.4) is 0 Å². The van der Waals surface area contributed by atoms with Crippen molar-refractivity contribution in [1.29, 1.82) is 0 Å². The molecule has 288 valence electrons. The summed E-state index contributed by atoms with van der Waals surface area (Å²) in [6.07, 6.45) is 15.9. The molecule has 15 rings (SSSR count). The summed E-state index contributed by atoms with van der Waals surface area (Å²) < 4.78 is 13.8. The molecule has 5 fully saturated rings. The second kappa shape index (κ2) is 11.1. The van der Waals surface area contributed by atoms with Crippen LogP contribution in [0.1, 0.15) is 100 Å². The van der Waals surface area contributed by atoms with Gasteiger partial charge in [-0.15, -0.1) is 0 Å². The van der Waals surface area contributed by atoms with Crippen molar-refractivity contribution < 1.29 is 24.2 Å². The van der Waals surface area contributed by atoms with Gasteiger partial charge >= 0.3 is 11.9 Å². The van der Waals surface area contributed by atoms with E-state index >= 15 is 4.79 Å². The van der Waals surface area contributed by atoms with Gasteiger partial charge in [-0.05, 0) is 123 Å². The number of carbonyl (C=O) groups is 2. The third kappa shape index (κ3) is 3.75. The highest BCUT2D eigenvalue weighted by molar-refractivity contribution is 6.00. The summed E-state index contributed by atoms with van der Waals surface area (Å²) in [4.78, 5) is 35.6. The fourth-order valence-corrected chi connectivity index (χ4v) is 15.5. The summed E-state index contributed by atoms with van der Waals surface area (Å²) in [5, 5.41) is 12.7. The van der Waals surface area contributed by atoms with Crippen LogP contribution < -0.4 is 5.73 Å². The van der Waals surface area contributed by atoms with Crippen LogP contribution >= 0.6 is 0 Å². The fraction of sp³-hybridized carbons (Fsp3) is 0.617. The van der Waals surface area contributed by atoms with Crippen molar-refractivity contribution in [2.45, 2.75) is 103 Å². The average Bonchev–Trinajstić information content (AvgIpc) is 3.63. The lowest BCUT2D eigenvalue weighted by atomic mass is 9.28. The number of carbonyl (C=O) groups excluding carboxylic acids is 2. The predicted molar refractivity (Wildman–Crippen MR) is 207 cm³/mol. The first kappa shape index (κ1) is 33.5. The molecule has 9 aliphatic heterocycles. The van der Waals surface area contributed by atoms with Gasteiger partial charge in [-0.1, -0.05) is 55.8 Å². The maximum Gasteiger partial charge on any atom is 0.339 e. The molecule has 8 heteroatoms. The molecule has 2 saturated carbocycles. The number of fused-ring (bicyclic) bond motifs is 3. The van der Waals surface area contributed by atoms with Crippen LogP contribution in [0.5, 0.6) is 0 Å². The molecular weight excluding hydrogens is 687 g/mol.